The van der Waals surface area contributed by atoms with Crippen molar-refractivity contribution in [3.8, 4) is 23.3 Å². The molecular formula is C16H9F3N4. The zero-order valence-corrected chi connectivity index (χ0v) is 11.6. The second kappa shape index (κ2) is 6.63. The summed E-state index contributed by atoms with van der Waals surface area (Å²) >= 11 is 0. The van der Waals surface area contributed by atoms with Crippen LogP contribution in [0.25, 0.3) is 11.1 Å². The number of hydrogen-bond acceptors (Lipinski definition) is 4. The van der Waals surface area contributed by atoms with Gasteiger partial charge in [0.05, 0.1) is 11.3 Å². The van der Waals surface area contributed by atoms with E-state index in [1.165, 1.54) is 42.5 Å². The Balaban J connectivity index is 2.30. The average Bonchev–Trinajstić information content (AvgIpc) is 2.55. The van der Waals surface area contributed by atoms with Crippen molar-refractivity contribution in [2.45, 2.75) is 6.18 Å². The van der Waals surface area contributed by atoms with Gasteiger partial charge in [0.2, 0.25) is 5.71 Å². The first-order valence-corrected chi connectivity index (χ1v) is 6.36. The molecule has 0 heterocycles. The third-order valence-electron chi connectivity index (χ3n) is 2.94. The summed E-state index contributed by atoms with van der Waals surface area (Å²) < 4.78 is 39.0. The summed E-state index contributed by atoms with van der Waals surface area (Å²) in [4.78, 5) is 0. The van der Waals surface area contributed by atoms with Crippen LogP contribution in [-0.2, 0) is 6.18 Å². The molecule has 0 bridgehead atoms. The van der Waals surface area contributed by atoms with Crippen LogP contribution in [0.2, 0.25) is 0 Å². The van der Waals surface area contributed by atoms with Crippen LogP contribution in [0.1, 0.15) is 5.56 Å². The van der Waals surface area contributed by atoms with Crippen molar-refractivity contribution in [1.29, 1.82) is 10.5 Å². The minimum atomic E-state index is -4.44. The molecule has 2 rings (SSSR count). The first kappa shape index (κ1) is 16.1. The van der Waals surface area contributed by atoms with Crippen molar-refractivity contribution in [2.75, 3.05) is 5.43 Å². The Labute approximate surface area is 130 Å². The maximum absolute atomic E-state index is 13.0. The van der Waals surface area contributed by atoms with Crippen LogP contribution in [0.15, 0.2) is 53.6 Å². The van der Waals surface area contributed by atoms with Crippen LogP contribution in [0.3, 0.4) is 0 Å². The number of hydrogen-bond donors (Lipinski definition) is 1. The Morgan fingerprint density at radius 3 is 2.13 bits per heavy atom. The molecule has 7 heteroatoms. The van der Waals surface area contributed by atoms with Crippen molar-refractivity contribution in [3.63, 3.8) is 0 Å². The second-order valence-electron chi connectivity index (χ2n) is 4.42. The molecule has 0 fully saturated rings. The number of anilines is 1. The molecule has 0 saturated carbocycles. The lowest BCUT2D eigenvalue weighted by atomic mass is 9.99. The Morgan fingerprint density at radius 1 is 0.957 bits per heavy atom. The second-order valence-corrected chi connectivity index (χ2v) is 4.42. The zero-order chi connectivity index (χ0) is 16.9. The summed E-state index contributed by atoms with van der Waals surface area (Å²) in [5, 5.41) is 20.7. The minimum Gasteiger partial charge on any atom is -0.277 e. The highest BCUT2D eigenvalue weighted by atomic mass is 19.4. The van der Waals surface area contributed by atoms with Gasteiger partial charge in [-0.1, -0.05) is 30.3 Å². The van der Waals surface area contributed by atoms with Crippen LogP contribution >= 0.6 is 0 Å². The highest BCUT2D eigenvalue weighted by Gasteiger charge is 2.33. The Bertz CT molecular complexity index is 793. The maximum atomic E-state index is 13.0. The van der Waals surface area contributed by atoms with E-state index >= 15 is 0 Å². The standard InChI is InChI=1S/C16H9F3N4/c17-16(18,19)15-4-2-1-3-14(15)11-5-7-12(8-6-11)22-23-13(9-20)10-21/h1-8,22H. The molecule has 0 aliphatic carbocycles. The predicted molar refractivity (Wildman–Crippen MR) is 79.2 cm³/mol. The molecule has 2 aromatic rings. The number of halogens is 3. The van der Waals surface area contributed by atoms with E-state index in [2.05, 4.69) is 10.5 Å². The quantitative estimate of drug-likeness (QED) is 0.682. The predicted octanol–water partition coefficient (Wildman–Crippen LogP) is 4.19. The van der Waals surface area contributed by atoms with Crippen LogP contribution in [0.5, 0.6) is 0 Å². The number of nitrogens with one attached hydrogen (secondary N) is 1. The van der Waals surface area contributed by atoms with Gasteiger partial charge in [0.25, 0.3) is 0 Å². The molecule has 0 amide bonds. The lowest BCUT2D eigenvalue weighted by Gasteiger charge is -2.13. The highest BCUT2D eigenvalue weighted by molar-refractivity contribution is 6.10. The SMILES string of the molecule is N#CC(C#N)=NNc1ccc(-c2ccccc2C(F)(F)F)cc1. The number of benzene rings is 2. The van der Waals surface area contributed by atoms with Gasteiger partial charge >= 0.3 is 6.18 Å². The smallest absolute Gasteiger partial charge is 0.277 e. The third kappa shape index (κ3) is 3.86. The molecule has 0 unspecified atom stereocenters. The molecule has 0 aromatic heterocycles. The Morgan fingerprint density at radius 2 is 1.57 bits per heavy atom. The summed E-state index contributed by atoms with van der Waals surface area (Å²) in [6, 6.07) is 14.5. The largest absolute Gasteiger partial charge is 0.417 e. The number of alkyl halides is 3. The van der Waals surface area contributed by atoms with Crippen LogP contribution in [0.4, 0.5) is 18.9 Å². The maximum Gasteiger partial charge on any atom is 0.417 e. The first-order chi connectivity index (χ1) is 11.0. The fourth-order valence-corrected chi connectivity index (χ4v) is 1.90. The summed E-state index contributed by atoms with van der Waals surface area (Å²) in [6.07, 6.45) is -4.44. The van der Waals surface area contributed by atoms with Gasteiger partial charge in [0.1, 0.15) is 12.1 Å². The molecule has 114 valence electrons. The van der Waals surface area contributed by atoms with Gasteiger partial charge < -0.3 is 0 Å². The van der Waals surface area contributed by atoms with Gasteiger partial charge in [-0.25, -0.2) is 0 Å². The van der Waals surface area contributed by atoms with Crippen LogP contribution in [0, 0.1) is 22.7 Å². The van der Waals surface area contributed by atoms with Crippen LogP contribution < -0.4 is 5.43 Å². The molecule has 4 nitrogen and oxygen atoms in total. The summed E-state index contributed by atoms with van der Waals surface area (Å²) in [5.74, 6) is 0. The number of nitriles is 2. The molecule has 0 aliphatic rings. The van der Waals surface area contributed by atoms with E-state index in [0.717, 1.165) is 6.07 Å². The van der Waals surface area contributed by atoms with Crippen molar-refractivity contribution >= 4 is 11.4 Å². The summed E-state index contributed by atoms with van der Waals surface area (Å²) in [5.41, 5.74) is 2.34. The van der Waals surface area contributed by atoms with E-state index in [-0.39, 0.29) is 11.3 Å². The Kier molecular flexibility index (Phi) is 4.63. The number of rotatable bonds is 3. The molecular weight excluding hydrogens is 305 g/mol. The van der Waals surface area contributed by atoms with Gasteiger partial charge in [0, 0.05) is 0 Å². The van der Waals surface area contributed by atoms with Crippen molar-refractivity contribution in [1.82, 2.24) is 0 Å². The third-order valence-corrected chi connectivity index (χ3v) is 2.94. The molecule has 23 heavy (non-hydrogen) atoms. The number of nitrogens with zero attached hydrogens (tertiary/aromatic N) is 3. The number of hydrazone groups is 1. The van der Waals surface area contributed by atoms with E-state index in [0.29, 0.717) is 11.3 Å². The molecule has 2 aromatic carbocycles. The van der Waals surface area contributed by atoms with E-state index in [1.54, 1.807) is 12.1 Å². The fraction of sp³-hybridized carbons (Fsp3) is 0.0625. The lowest BCUT2D eigenvalue weighted by Crippen LogP contribution is -2.06. The van der Waals surface area contributed by atoms with Crippen LogP contribution in [-0.4, -0.2) is 5.71 Å². The van der Waals surface area contributed by atoms with Gasteiger partial charge in [-0.3, -0.25) is 5.43 Å². The van der Waals surface area contributed by atoms with E-state index < -0.39 is 11.7 Å². The molecule has 0 radical (unpaired) electrons. The van der Waals surface area contributed by atoms with Gasteiger partial charge in [-0.15, -0.1) is 0 Å². The summed E-state index contributed by atoms with van der Waals surface area (Å²) in [6.45, 7) is 0. The van der Waals surface area contributed by atoms with Gasteiger partial charge in [-0.2, -0.15) is 28.8 Å². The molecule has 0 saturated heterocycles. The zero-order valence-electron chi connectivity index (χ0n) is 11.6. The monoisotopic (exact) mass is 314 g/mol. The first-order valence-electron chi connectivity index (χ1n) is 6.36. The molecule has 1 N–H and O–H groups in total. The normalized spacial score (nSPS) is 10.3. The van der Waals surface area contributed by atoms with Crippen molar-refractivity contribution in [3.05, 3.63) is 54.1 Å². The fourth-order valence-electron chi connectivity index (χ4n) is 1.90. The molecule has 0 aliphatic heterocycles. The lowest BCUT2D eigenvalue weighted by molar-refractivity contribution is -0.137. The van der Waals surface area contributed by atoms with E-state index in [4.69, 9.17) is 10.5 Å². The molecule has 0 atom stereocenters. The van der Waals surface area contributed by atoms with Gasteiger partial charge in [-0.05, 0) is 29.3 Å². The molecule has 0 spiro atoms. The van der Waals surface area contributed by atoms with E-state index in [9.17, 15) is 13.2 Å². The van der Waals surface area contributed by atoms with Crippen molar-refractivity contribution in [2.24, 2.45) is 5.10 Å². The van der Waals surface area contributed by atoms with E-state index in [1.807, 2.05) is 0 Å². The van der Waals surface area contributed by atoms with Gasteiger partial charge in [0.15, 0.2) is 0 Å². The Hall–Kier alpha value is -3.32. The van der Waals surface area contributed by atoms with Crippen molar-refractivity contribution < 1.29 is 13.2 Å². The highest BCUT2D eigenvalue weighted by Crippen LogP contribution is 2.37. The topological polar surface area (TPSA) is 72.0 Å². The average molecular weight is 314 g/mol. The minimum absolute atomic E-state index is 0.0739. The summed E-state index contributed by atoms with van der Waals surface area (Å²) in [7, 11) is 0.